The van der Waals surface area contributed by atoms with Crippen molar-refractivity contribution < 1.29 is 14.6 Å². The van der Waals surface area contributed by atoms with Crippen LogP contribution in [0.4, 0.5) is 4.79 Å². The van der Waals surface area contributed by atoms with Gasteiger partial charge in [0.25, 0.3) is 0 Å². The lowest BCUT2D eigenvalue weighted by Crippen LogP contribution is -2.43. The van der Waals surface area contributed by atoms with Gasteiger partial charge in [0.15, 0.2) is 0 Å². The number of amides is 1. The van der Waals surface area contributed by atoms with Crippen LogP contribution in [0.2, 0.25) is 0 Å². The number of benzene rings is 2. The van der Waals surface area contributed by atoms with Crippen molar-refractivity contribution in [2.45, 2.75) is 50.0 Å². The fraction of sp³-hybridized carbons (Fsp3) is 0.435. The van der Waals surface area contributed by atoms with Gasteiger partial charge in [-0.15, -0.1) is 0 Å². The van der Waals surface area contributed by atoms with Crippen LogP contribution in [0.3, 0.4) is 0 Å². The zero-order chi connectivity index (χ0) is 18.7. The minimum Gasteiger partial charge on any atom is -0.449 e. The SMILES string of the molecule is O=C(NCC1(O)CCCCCC1)OCC1c2ccccc2-c2ccccc21. The first kappa shape index (κ1) is 18.1. The van der Waals surface area contributed by atoms with Gasteiger partial charge in [-0.25, -0.2) is 4.79 Å². The molecule has 142 valence electrons. The second kappa shape index (κ2) is 7.73. The van der Waals surface area contributed by atoms with Gasteiger partial charge >= 0.3 is 6.09 Å². The Balaban J connectivity index is 1.38. The topological polar surface area (TPSA) is 58.6 Å². The molecule has 1 saturated carbocycles. The molecule has 4 nitrogen and oxygen atoms in total. The summed E-state index contributed by atoms with van der Waals surface area (Å²) < 4.78 is 5.55. The number of hydrogen-bond acceptors (Lipinski definition) is 3. The molecule has 0 radical (unpaired) electrons. The Labute approximate surface area is 160 Å². The number of ether oxygens (including phenoxy) is 1. The van der Waals surface area contributed by atoms with Crippen LogP contribution in [0.1, 0.15) is 55.6 Å². The van der Waals surface area contributed by atoms with Gasteiger partial charge in [-0.1, -0.05) is 74.2 Å². The molecule has 2 aromatic carbocycles. The van der Waals surface area contributed by atoms with Crippen LogP contribution in [-0.2, 0) is 4.74 Å². The molecule has 2 N–H and O–H groups in total. The second-order valence-corrected chi connectivity index (χ2v) is 7.82. The minimum atomic E-state index is -0.790. The van der Waals surface area contributed by atoms with E-state index in [2.05, 4.69) is 29.6 Å². The third kappa shape index (κ3) is 3.86. The summed E-state index contributed by atoms with van der Waals surface area (Å²) in [5, 5.41) is 13.5. The Bertz CT molecular complexity index is 763. The van der Waals surface area contributed by atoms with Crippen LogP contribution in [-0.4, -0.2) is 30.0 Å². The molecule has 2 aliphatic rings. The minimum absolute atomic E-state index is 0.0594. The number of carbonyl (C=O) groups is 1. The number of nitrogens with one attached hydrogen (secondary N) is 1. The summed E-state index contributed by atoms with van der Waals surface area (Å²) in [5.41, 5.74) is 4.05. The molecule has 1 fully saturated rings. The van der Waals surface area contributed by atoms with Crippen LogP contribution in [0.15, 0.2) is 48.5 Å². The third-order valence-corrected chi connectivity index (χ3v) is 5.94. The van der Waals surface area contributed by atoms with Crippen LogP contribution in [0.25, 0.3) is 11.1 Å². The van der Waals surface area contributed by atoms with E-state index in [1.165, 1.54) is 22.3 Å². The summed E-state index contributed by atoms with van der Waals surface area (Å²) in [6.45, 7) is 0.571. The largest absolute Gasteiger partial charge is 0.449 e. The molecule has 1 amide bonds. The third-order valence-electron chi connectivity index (χ3n) is 5.94. The molecule has 0 atom stereocenters. The highest BCUT2D eigenvalue weighted by Crippen LogP contribution is 2.44. The van der Waals surface area contributed by atoms with Crippen LogP contribution >= 0.6 is 0 Å². The highest BCUT2D eigenvalue weighted by atomic mass is 16.5. The van der Waals surface area contributed by atoms with Crippen LogP contribution in [0.5, 0.6) is 0 Å². The van der Waals surface area contributed by atoms with Crippen molar-refractivity contribution in [1.29, 1.82) is 0 Å². The van der Waals surface area contributed by atoms with Crippen molar-refractivity contribution in [3.63, 3.8) is 0 Å². The normalized spacial score (nSPS) is 18.3. The van der Waals surface area contributed by atoms with Crippen molar-refractivity contribution in [2.75, 3.05) is 13.2 Å². The molecule has 0 spiro atoms. The Kier molecular flexibility index (Phi) is 5.17. The fourth-order valence-corrected chi connectivity index (χ4v) is 4.45. The number of aliphatic hydroxyl groups is 1. The number of hydrogen-bond donors (Lipinski definition) is 2. The molecule has 0 bridgehead atoms. The Hall–Kier alpha value is -2.33. The first-order valence-corrected chi connectivity index (χ1v) is 9.98. The molecule has 4 rings (SSSR count). The quantitative estimate of drug-likeness (QED) is 0.778. The molecule has 0 heterocycles. The van der Waals surface area contributed by atoms with Crippen LogP contribution in [0, 0.1) is 0 Å². The van der Waals surface area contributed by atoms with E-state index in [1.807, 2.05) is 24.3 Å². The molecule has 2 aromatic rings. The lowest BCUT2D eigenvalue weighted by atomic mass is 9.95. The maximum Gasteiger partial charge on any atom is 0.407 e. The molecule has 0 saturated heterocycles. The monoisotopic (exact) mass is 365 g/mol. The number of fused-ring (bicyclic) bond motifs is 3. The molecule has 2 aliphatic carbocycles. The Morgan fingerprint density at radius 3 is 2.11 bits per heavy atom. The summed E-state index contributed by atoms with van der Waals surface area (Å²) >= 11 is 0. The van der Waals surface area contributed by atoms with E-state index >= 15 is 0 Å². The molecular weight excluding hydrogens is 338 g/mol. The van der Waals surface area contributed by atoms with E-state index < -0.39 is 11.7 Å². The molecule has 0 aliphatic heterocycles. The van der Waals surface area contributed by atoms with Gasteiger partial charge in [-0.05, 0) is 35.1 Å². The average molecular weight is 365 g/mol. The van der Waals surface area contributed by atoms with E-state index in [4.69, 9.17) is 4.74 Å². The highest BCUT2D eigenvalue weighted by molar-refractivity contribution is 5.79. The number of alkyl carbamates (subject to hydrolysis) is 1. The lowest BCUT2D eigenvalue weighted by molar-refractivity contribution is 0.0239. The van der Waals surface area contributed by atoms with Crippen LogP contribution < -0.4 is 5.32 Å². The van der Waals surface area contributed by atoms with Gasteiger partial charge in [0.2, 0.25) is 0 Å². The van der Waals surface area contributed by atoms with Crippen molar-refractivity contribution in [3.8, 4) is 11.1 Å². The van der Waals surface area contributed by atoms with Crippen molar-refractivity contribution in [3.05, 3.63) is 59.7 Å². The summed E-state index contributed by atoms with van der Waals surface area (Å²) in [5.74, 6) is 0.0594. The first-order valence-electron chi connectivity index (χ1n) is 9.98. The Morgan fingerprint density at radius 2 is 1.52 bits per heavy atom. The maximum absolute atomic E-state index is 12.3. The molecule has 0 aromatic heterocycles. The summed E-state index contributed by atoms with van der Waals surface area (Å²) in [6.07, 6.45) is 5.40. The fourth-order valence-electron chi connectivity index (χ4n) is 4.45. The van der Waals surface area contributed by atoms with Gasteiger partial charge in [-0.2, -0.15) is 0 Å². The molecule has 4 heteroatoms. The summed E-state index contributed by atoms with van der Waals surface area (Å²) in [7, 11) is 0. The summed E-state index contributed by atoms with van der Waals surface area (Å²) in [4.78, 5) is 12.3. The molecule has 0 unspecified atom stereocenters. The van der Waals surface area contributed by atoms with Crippen molar-refractivity contribution >= 4 is 6.09 Å². The zero-order valence-electron chi connectivity index (χ0n) is 15.6. The highest BCUT2D eigenvalue weighted by Gasteiger charge is 2.30. The van der Waals surface area contributed by atoms with E-state index in [0.717, 1.165) is 38.5 Å². The number of rotatable bonds is 4. The number of carbonyl (C=O) groups excluding carboxylic acids is 1. The maximum atomic E-state index is 12.3. The first-order chi connectivity index (χ1) is 13.2. The van der Waals surface area contributed by atoms with Gasteiger partial charge in [-0.3, -0.25) is 0 Å². The van der Waals surface area contributed by atoms with E-state index in [1.54, 1.807) is 0 Å². The molecule has 27 heavy (non-hydrogen) atoms. The lowest BCUT2D eigenvalue weighted by Gasteiger charge is -2.26. The second-order valence-electron chi connectivity index (χ2n) is 7.82. The van der Waals surface area contributed by atoms with Gasteiger partial charge < -0.3 is 15.2 Å². The predicted octanol–water partition coefficient (Wildman–Crippen LogP) is 4.61. The van der Waals surface area contributed by atoms with Crippen molar-refractivity contribution in [2.24, 2.45) is 0 Å². The Morgan fingerprint density at radius 1 is 0.963 bits per heavy atom. The van der Waals surface area contributed by atoms with E-state index in [9.17, 15) is 9.90 Å². The standard InChI is InChI=1S/C23H27NO3/c25-22(24-16-23(26)13-7-1-2-8-14-23)27-15-21-19-11-5-3-9-17(19)18-10-4-6-12-20(18)21/h3-6,9-12,21,26H,1-2,7-8,13-16H2,(H,24,25). The zero-order valence-corrected chi connectivity index (χ0v) is 15.6. The van der Waals surface area contributed by atoms with E-state index in [-0.39, 0.29) is 12.5 Å². The van der Waals surface area contributed by atoms with Gasteiger partial charge in [0.1, 0.15) is 6.61 Å². The van der Waals surface area contributed by atoms with Gasteiger partial charge in [0.05, 0.1) is 5.60 Å². The van der Waals surface area contributed by atoms with Gasteiger partial charge in [0, 0.05) is 12.5 Å². The molecular formula is C23H27NO3. The average Bonchev–Trinajstić information content (AvgIpc) is 2.84. The van der Waals surface area contributed by atoms with E-state index in [0.29, 0.717) is 6.61 Å². The smallest absolute Gasteiger partial charge is 0.407 e. The predicted molar refractivity (Wildman–Crippen MR) is 106 cm³/mol. The summed E-state index contributed by atoms with van der Waals surface area (Å²) in [6, 6.07) is 16.6. The van der Waals surface area contributed by atoms with Crippen molar-refractivity contribution in [1.82, 2.24) is 5.32 Å².